The average Bonchev–Trinajstić information content (AvgIpc) is 3.06. The van der Waals surface area contributed by atoms with Crippen molar-refractivity contribution in [3.8, 4) is 5.69 Å². The van der Waals surface area contributed by atoms with Crippen molar-refractivity contribution >= 4 is 27.5 Å². The quantitative estimate of drug-likeness (QED) is 0.684. The molecule has 1 aromatic heterocycles. The highest BCUT2D eigenvalue weighted by molar-refractivity contribution is 9.09. The van der Waals surface area contributed by atoms with Gasteiger partial charge in [0, 0.05) is 13.6 Å². The van der Waals surface area contributed by atoms with Gasteiger partial charge in [0.05, 0.1) is 16.2 Å². The Hall–Kier alpha value is -1.90. The van der Waals surface area contributed by atoms with E-state index in [2.05, 4.69) is 32.1 Å². The van der Waals surface area contributed by atoms with Gasteiger partial charge in [-0.25, -0.2) is 10.1 Å². The second-order valence-corrected chi connectivity index (χ2v) is 6.62. The largest absolute Gasteiger partial charge is 0.318 e. The lowest BCUT2D eigenvalue weighted by atomic mass is 10.2. The summed E-state index contributed by atoms with van der Waals surface area (Å²) in [7, 11) is 1.79. The fourth-order valence-corrected chi connectivity index (χ4v) is 3.15. The number of hydrogen-bond donors (Lipinski definition) is 3. The van der Waals surface area contributed by atoms with Gasteiger partial charge in [0.15, 0.2) is 0 Å². The van der Waals surface area contributed by atoms with E-state index >= 15 is 0 Å². The molecule has 0 bridgehead atoms. The minimum absolute atomic E-state index is 0.0251. The number of carbonyl (C=O) groups excluding carboxylic acids is 1. The monoisotopic (exact) mass is 379 g/mol. The Morgan fingerprint density at radius 3 is 2.65 bits per heavy atom. The standard InChI is InChI=1S/C15H18BrN5O2/c1-9-12(18-14(22)13-11(16)8-17-19-13)15(23)21(20(9)2)10-6-4-3-5-7-10/h3-7,11,13,17,19H,8H2,1-2H3,(H,18,22). The molecular weight excluding hydrogens is 362 g/mol. The molecule has 0 radical (unpaired) electrons. The molecule has 2 aromatic rings. The van der Waals surface area contributed by atoms with Gasteiger partial charge in [0.2, 0.25) is 5.91 Å². The normalized spacial score (nSPS) is 20.7. The zero-order valence-electron chi connectivity index (χ0n) is 12.8. The first-order chi connectivity index (χ1) is 11.0. The fraction of sp³-hybridized carbons (Fsp3) is 0.333. The summed E-state index contributed by atoms with van der Waals surface area (Å²) in [5, 5.41) is 2.76. The number of nitrogens with zero attached hydrogens (tertiary/aromatic N) is 2. The van der Waals surface area contributed by atoms with Gasteiger partial charge in [-0.15, -0.1) is 0 Å². The molecule has 1 aromatic carbocycles. The van der Waals surface area contributed by atoms with E-state index in [-0.39, 0.29) is 16.3 Å². The molecule has 2 atom stereocenters. The maximum atomic E-state index is 12.7. The van der Waals surface area contributed by atoms with Gasteiger partial charge in [-0.3, -0.25) is 19.7 Å². The lowest BCUT2D eigenvalue weighted by Gasteiger charge is -2.12. The Morgan fingerprint density at radius 2 is 2.04 bits per heavy atom. The van der Waals surface area contributed by atoms with Gasteiger partial charge in [0.25, 0.3) is 5.56 Å². The summed E-state index contributed by atoms with van der Waals surface area (Å²) in [4.78, 5) is 25.1. The number of rotatable bonds is 3. The molecule has 1 fully saturated rings. The highest BCUT2D eigenvalue weighted by Crippen LogP contribution is 2.16. The number of halogens is 1. The molecule has 0 spiro atoms. The van der Waals surface area contributed by atoms with Crippen LogP contribution in [0.5, 0.6) is 0 Å². The van der Waals surface area contributed by atoms with E-state index in [0.29, 0.717) is 17.9 Å². The molecule has 2 unspecified atom stereocenters. The summed E-state index contributed by atoms with van der Waals surface area (Å²) in [6, 6.07) is 8.89. The summed E-state index contributed by atoms with van der Waals surface area (Å²) < 4.78 is 3.27. The molecule has 1 aliphatic heterocycles. The molecule has 122 valence electrons. The molecular formula is C15H18BrN5O2. The van der Waals surface area contributed by atoms with Crippen LogP contribution >= 0.6 is 15.9 Å². The van der Waals surface area contributed by atoms with Gasteiger partial charge in [-0.05, 0) is 19.1 Å². The van der Waals surface area contributed by atoms with E-state index < -0.39 is 6.04 Å². The van der Waals surface area contributed by atoms with Crippen molar-refractivity contribution in [3.05, 3.63) is 46.4 Å². The molecule has 0 saturated carbocycles. The second kappa shape index (κ2) is 6.31. The van der Waals surface area contributed by atoms with Gasteiger partial charge in [-0.1, -0.05) is 34.1 Å². The van der Waals surface area contributed by atoms with Crippen LogP contribution in [-0.4, -0.2) is 32.7 Å². The first-order valence-electron chi connectivity index (χ1n) is 7.28. The van der Waals surface area contributed by atoms with Crippen LogP contribution in [-0.2, 0) is 11.8 Å². The van der Waals surface area contributed by atoms with Crippen molar-refractivity contribution < 1.29 is 4.79 Å². The van der Waals surface area contributed by atoms with Crippen LogP contribution in [0.2, 0.25) is 0 Å². The molecule has 23 heavy (non-hydrogen) atoms. The fourth-order valence-electron chi connectivity index (χ4n) is 2.62. The topological polar surface area (TPSA) is 80.1 Å². The second-order valence-electron chi connectivity index (χ2n) is 5.44. The molecule has 7 nitrogen and oxygen atoms in total. The van der Waals surface area contributed by atoms with Crippen molar-refractivity contribution in [2.75, 3.05) is 11.9 Å². The number of carbonyl (C=O) groups is 1. The average molecular weight is 380 g/mol. The Morgan fingerprint density at radius 1 is 1.35 bits per heavy atom. The van der Waals surface area contributed by atoms with E-state index in [1.54, 1.807) is 11.7 Å². The lowest BCUT2D eigenvalue weighted by Crippen LogP contribution is -2.43. The van der Waals surface area contributed by atoms with Crippen LogP contribution in [0.4, 0.5) is 5.69 Å². The van der Waals surface area contributed by atoms with Crippen LogP contribution in [0.1, 0.15) is 5.69 Å². The third kappa shape index (κ3) is 2.85. The van der Waals surface area contributed by atoms with E-state index in [1.165, 1.54) is 4.68 Å². The highest BCUT2D eigenvalue weighted by atomic mass is 79.9. The van der Waals surface area contributed by atoms with Gasteiger partial charge >= 0.3 is 0 Å². The Balaban J connectivity index is 1.95. The van der Waals surface area contributed by atoms with Crippen molar-refractivity contribution in [2.45, 2.75) is 17.8 Å². The maximum Gasteiger partial charge on any atom is 0.295 e. The SMILES string of the molecule is Cc1c(NC(=O)C2NNCC2Br)c(=O)n(-c2ccccc2)n1C. The number of benzene rings is 1. The van der Waals surface area contributed by atoms with Crippen LogP contribution in [0.3, 0.4) is 0 Å². The number of anilines is 1. The van der Waals surface area contributed by atoms with Crippen LogP contribution in [0, 0.1) is 6.92 Å². The van der Waals surface area contributed by atoms with E-state index in [4.69, 9.17) is 0 Å². The molecule has 1 aliphatic rings. The van der Waals surface area contributed by atoms with Crippen LogP contribution < -0.4 is 21.7 Å². The Labute approximate surface area is 141 Å². The Bertz CT molecular complexity index is 783. The number of alkyl halides is 1. The first kappa shape index (κ1) is 16.0. The lowest BCUT2D eigenvalue weighted by molar-refractivity contribution is -0.117. The number of hydrogen-bond acceptors (Lipinski definition) is 4. The zero-order chi connectivity index (χ0) is 16.6. The molecule has 3 N–H and O–H groups in total. The van der Waals surface area contributed by atoms with Gasteiger partial charge in [0.1, 0.15) is 11.7 Å². The zero-order valence-corrected chi connectivity index (χ0v) is 14.4. The predicted octanol–water partition coefficient (Wildman–Crippen LogP) is 0.663. The molecule has 8 heteroatoms. The highest BCUT2D eigenvalue weighted by Gasteiger charge is 2.32. The molecule has 2 heterocycles. The molecule has 0 aliphatic carbocycles. The van der Waals surface area contributed by atoms with Crippen LogP contribution in [0.15, 0.2) is 35.1 Å². The van der Waals surface area contributed by atoms with Crippen molar-refractivity contribution in [3.63, 3.8) is 0 Å². The van der Waals surface area contributed by atoms with Gasteiger partial charge < -0.3 is 5.32 Å². The summed E-state index contributed by atoms with van der Waals surface area (Å²) in [6.07, 6.45) is 0. The summed E-state index contributed by atoms with van der Waals surface area (Å²) in [5.41, 5.74) is 7.31. The van der Waals surface area contributed by atoms with Crippen molar-refractivity contribution in [1.29, 1.82) is 0 Å². The van der Waals surface area contributed by atoms with Crippen LogP contribution in [0.25, 0.3) is 5.69 Å². The minimum atomic E-state index is -0.431. The van der Waals surface area contributed by atoms with Crippen molar-refractivity contribution in [1.82, 2.24) is 20.2 Å². The first-order valence-corrected chi connectivity index (χ1v) is 8.19. The molecule has 3 rings (SSSR count). The predicted molar refractivity (Wildman–Crippen MR) is 92.0 cm³/mol. The smallest absolute Gasteiger partial charge is 0.295 e. The maximum absolute atomic E-state index is 12.7. The van der Waals surface area contributed by atoms with E-state index in [0.717, 1.165) is 5.69 Å². The summed E-state index contributed by atoms with van der Waals surface area (Å²) in [6.45, 7) is 2.45. The van der Waals surface area contributed by atoms with E-state index in [9.17, 15) is 9.59 Å². The number of amides is 1. The summed E-state index contributed by atoms with van der Waals surface area (Å²) in [5.74, 6) is -0.247. The van der Waals surface area contributed by atoms with Crippen molar-refractivity contribution in [2.24, 2.45) is 7.05 Å². The number of aromatic nitrogens is 2. The third-order valence-electron chi connectivity index (χ3n) is 4.00. The van der Waals surface area contributed by atoms with Gasteiger partial charge in [-0.2, -0.15) is 0 Å². The molecule has 1 amide bonds. The number of para-hydroxylation sites is 1. The minimum Gasteiger partial charge on any atom is -0.318 e. The molecule has 1 saturated heterocycles. The van der Waals surface area contributed by atoms with E-state index in [1.807, 2.05) is 37.3 Å². The Kier molecular flexibility index (Phi) is 4.38. The number of nitrogens with one attached hydrogen (secondary N) is 3. The third-order valence-corrected chi connectivity index (χ3v) is 4.85. The number of hydrazine groups is 1. The summed E-state index contributed by atoms with van der Waals surface area (Å²) >= 11 is 3.44.